The van der Waals surface area contributed by atoms with Crippen molar-refractivity contribution < 1.29 is 14.3 Å². The molecule has 1 aromatic heterocycles. The van der Waals surface area contributed by atoms with Crippen LogP contribution in [0, 0.1) is 0 Å². The van der Waals surface area contributed by atoms with Crippen molar-refractivity contribution in [3.8, 4) is 11.5 Å². The molecule has 0 amide bonds. The number of ether oxygens (including phenoxy) is 2. The first-order valence-electron chi connectivity index (χ1n) is 7.65. The molecule has 0 aliphatic carbocycles. The molecular weight excluding hydrogens is 324 g/mol. The Bertz CT molecular complexity index is 860. The minimum Gasteiger partial charge on any atom is -0.496 e. The molecule has 0 saturated heterocycles. The Morgan fingerprint density at radius 1 is 1.17 bits per heavy atom. The predicted octanol–water partition coefficient (Wildman–Crippen LogP) is 4.00. The van der Waals surface area contributed by atoms with Crippen LogP contribution in [0.4, 0.5) is 5.13 Å². The average molecular weight is 342 g/mol. The van der Waals surface area contributed by atoms with Gasteiger partial charge in [0.2, 0.25) is 0 Å². The summed E-state index contributed by atoms with van der Waals surface area (Å²) in [4.78, 5) is 16.9. The van der Waals surface area contributed by atoms with Crippen LogP contribution in [0.1, 0.15) is 17.3 Å². The third kappa shape index (κ3) is 3.33. The van der Waals surface area contributed by atoms with Gasteiger partial charge in [0.15, 0.2) is 10.9 Å². The quantitative estimate of drug-likeness (QED) is 0.658. The summed E-state index contributed by atoms with van der Waals surface area (Å²) in [5.74, 6) is 1.29. The second-order valence-electron chi connectivity index (χ2n) is 5.03. The Balaban J connectivity index is 1.76. The molecule has 5 nitrogen and oxygen atoms in total. The van der Waals surface area contributed by atoms with Crippen LogP contribution >= 0.6 is 11.3 Å². The zero-order chi connectivity index (χ0) is 16.9. The maximum Gasteiger partial charge on any atom is 0.185 e. The summed E-state index contributed by atoms with van der Waals surface area (Å²) in [6.07, 6.45) is 0. The Hall–Kier alpha value is -2.60. The number of Topliss-reactive ketones (excluding diaryl/α,β-unsaturated/α-hetero) is 1. The van der Waals surface area contributed by atoms with Crippen LogP contribution in [0.2, 0.25) is 0 Å². The van der Waals surface area contributed by atoms with Crippen molar-refractivity contribution in [3.05, 3.63) is 48.0 Å². The van der Waals surface area contributed by atoms with Crippen LogP contribution in [0.5, 0.6) is 11.5 Å². The molecule has 0 saturated carbocycles. The summed E-state index contributed by atoms with van der Waals surface area (Å²) in [6.45, 7) is 2.69. The highest BCUT2D eigenvalue weighted by atomic mass is 32.1. The maximum absolute atomic E-state index is 12.4. The Kier molecular flexibility index (Phi) is 4.96. The molecule has 3 rings (SSSR count). The summed E-state index contributed by atoms with van der Waals surface area (Å²) in [5, 5.41) is 3.79. The number of aromatic nitrogens is 1. The molecule has 0 unspecified atom stereocenters. The van der Waals surface area contributed by atoms with Gasteiger partial charge in [-0.1, -0.05) is 29.5 Å². The molecular formula is C18H18N2O3S. The largest absolute Gasteiger partial charge is 0.496 e. The molecule has 0 radical (unpaired) electrons. The van der Waals surface area contributed by atoms with Gasteiger partial charge < -0.3 is 14.8 Å². The van der Waals surface area contributed by atoms with Crippen molar-refractivity contribution in [2.75, 3.05) is 25.6 Å². The second-order valence-corrected chi connectivity index (χ2v) is 6.06. The van der Waals surface area contributed by atoms with E-state index in [0.29, 0.717) is 23.1 Å². The monoisotopic (exact) mass is 342 g/mol. The van der Waals surface area contributed by atoms with Crippen molar-refractivity contribution >= 4 is 32.5 Å². The van der Waals surface area contributed by atoms with E-state index in [4.69, 9.17) is 9.47 Å². The van der Waals surface area contributed by atoms with E-state index in [0.717, 1.165) is 16.0 Å². The number of hydrogen-bond acceptors (Lipinski definition) is 6. The highest BCUT2D eigenvalue weighted by Gasteiger charge is 2.13. The minimum absolute atomic E-state index is 0.0447. The molecule has 6 heteroatoms. The van der Waals surface area contributed by atoms with E-state index in [2.05, 4.69) is 10.3 Å². The van der Waals surface area contributed by atoms with Gasteiger partial charge in [-0.2, -0.15) is 0 Å². The number of ketones is 1. The van der Waals surface area contributed by atoms with E-state index >= 15 is 0 Å². The number of fused-ring (bicyclic) bond motifs is 1. The SMILES string of the molecule is CCOc1cccc2sc(NCC(=O)c3ccccc3OC)nc12. The van der Waals surface area contributed by atoms with Crippen molar-refractivity contribution in [3.63, 3.8) is 0 Å². The van der Waals surface area contributed by atoms with E-state index in [-0.39, 0.29) is 12.3 Å². The molecule has 0 atom stereocenters. The van der Waals surface area contributed by atoms with E-state index in [1.165, 1.54) is 11.3 Å². The van der Waals surface area contributed by atoms with E-state index in [1.807, 2.05) is 37.3 Å². The molecule has 0 spiro atoms. The normalized spacial score (nSPS) is 10.6. The first-order chi connectivity index (χ1) is 11.7. The van der Waals surface area contributed by atoms with E-state index in [9.17, 15) is 4.79 Å². The highest BCUT2D eigenvalue weighted by Crippen LogP contribution is 2.32. The maximum atomic E-state index is 12.4. The fraction of sp³-hybridized carbons (Fsp3) is 0.222. The van der Waals surface area contributed by atoms with Crippen LogP contribution in [-0.2, 0) is 0 Å². The van der Waals surface area contributed by atoms with Crippen LogP contribution in [0.15, 0.2) is 42.5 Å². The molecule has 0 aliphatic rings. The van der Waals surface area contributed by atoms with Crippen molar-refractivity contribution in [1.82, 2.24) is 4.98 Å². The number of carbonyl (C=O) groups excluding carboxylic acids is 1. The number of hydrogen-bond donors (Lipinski definition) is 1. The highest BCUT2D eigenvalue weighted by molar-refractivity contribution is 7.22. The Morgan fingerprint density at radius 3 is 2.75 bits per heavy atom. The van der Waals surface area contributed by atoms with Crippen molar-refractivity contribution in [2.45, 2.75) is 6.92 Å². The van der Waals surface area contributed by atoms with E-state index < -0.39 is 0 Å². The lowest BCUT2D eigenvalue weighted by Crippen LogP contribution is -2.14. The van der Waals surface area contributed by atoms with Gasteiger partial charge >= 0.3 is 0 Å². The van der Waals surface area contributed by atoms with Gasteiger partial charge in [0, 0.05) is 0 Å². The predicted molar refractivity (Wildman–Crippen MR) is 96.6 cm³/mol. The minimum atomic E-state index is -0.0447. The number of para-hydroxylation sites is 2. The number of thiazole rings is 1. The van der Waals surface area contributed by atoms with Crippen LogP contribution in [0.25, 0.3) is 10.2 Å². The lowest BCUT2D eigenvalue weighted by molar-refractivity contribution is 0.100. The van der Waals surface area contributed by atoms with Crippen molar-refractivity contribution in [2.24, 2.45) is 0 Å². The second kappa shape index (κ2) is 7.31. The molecule has 124 valence electrons. The molecule has 3 aromatic rings. The third-order valence-corrected chi connectivity index (χ3v) is 4.47. The Morgan fingerprint density at radius 2 is 1.96 bits per heavy atom. The lowest BCUT2D eigenvalue weighted by atomic mass is 10.1. The summed E-state index contributed by atoms with van der Waals surface area (Å²) >= 11 is 1.50. The van der Waals surface area contributed by atoms with Crippen molar-refractivity contribution in [1.29, 1.82) is 0 Å². The third-order valence-electron chi connectivity index (χ3n) is 3.49. The number of anilines is 1. The summed E-state index contributed by atoms with van der Waals surface area (Å²) < 4.78 is 11.8. The van der Waals surface area contributed by atoms with Gasteiger partial charge in [-0.25, -0.2) is 4.98 Å². The zero-order valence-electron chi connectivity index (χ0n) is 13.5. The average Bonchev–Trinajstić information content (AvgIpc) is 3.04. The first-order valence-corrected chi connectivity index (χ1v) is 8.47. The van der Waals surface area contributed by atoms with Crippen LogP contribution in [0.3, 0.4) is 0 Å². The number of nitrogens with one attached hydrogen (secondary N) is 1. The summed E-state index contributed by atoms with van der Waals surface area (Å²) in [5.41, 5.74) is 1.38. The van der Waals surface area contributed by atoms with Gasteiger partial charge in [0.1, 0.15) is 17.0 Å². The summed E-state index contributed by atoms with van der Waals surface area (Å²) in [7, 11) is 1.56. The first kappa shape index (κ1) is 16.3. The van der Waals surface area contributed by atoms with Gasteiger partial charge in [-0.15, -0.1) is 0 Å². The molecule has 1 heterocycles. The number of methoxy groups -OCH3 is 1. The number of benzene rings is 2. The fourth-order valence-electron chi connectivity index (χ4n) is 2.40. The van der Waals surface area contributed by atoms with Gasteiger partial charge in [-0.05, 0) is 31.2 Å². The Labute approximate surface area is 144 Å². The van der Waals surface area contributed by atoms with Crippen LogP contribution in [-0.4, -0.2) is 31.0 Å². The number of carbonyl (C=O) groups is 1. The van der Waals surface area contributed by atoms with E-state index in [1.54, 1.807) is 19.2 Å². The number of rotatable bonds is 7. The van der Waals surface area contributed by atoms with Gasteiger partial charge in [-0.3, -0.25) is 4.79 Å². The van der Waals surface area contributed by atoms with Gasteiger partial charge in [0.05, 0.1) is 30.5 Å². The summed E-state index contributed by atoms with van der Waals surface area (Å²) in [6, 6.07) is 13.0. The zero-order valence-corrected chi connectivity index (χ0v) is 14.4. The molecule has 2 aromatic carbocycles. The fourth-order valence-corrected chi connectivity index (χ4v) is 3.28. The van der Waals surface area contributed by atoms with Gasteiger partial charge in [0.25, 0.3) is 0 Å². The molecule has 0 fully saturated rings. The standard InChI is InChI=1S/C18H18N2O3S/c1-3-23-15-9-6-10-16-17(15)20-18(24-16)19-11-13(21)12-7-4-5-8-14(12)22-2/h4-10H,3,11H2,1-2H3,(H,19,20). The molecule has 24 heavy (non-hydrogen) atoms. The topological polar surface area (TPSA) is 60.5 Å². The molecule has 1 N–H and O–H groups in total. The smallest absolute Gasteiger partial charge is 0.185 e. The van der Waals surface area contributed by atoms with Crippen LogP contribution < -0.4 is 14.8 Å². The lowest BCUT2D eigenvalue weighted by Gasteiger charge is -2.07. The molecule has 0 bridgehead atoms. The number of nitrogens with zero attached hydrogens (tertiary/aromatic N) is 1. The molecule has 0 aliphatic heterocycles.